The van der Waals surface area contributed by atoms with E-state index in [1.807, 2.05) is 10.7 Å². The summed E-state index contributed by atoms with van der Waals surface area (Å²) < 4.78 is 35.7. The number of amides is 1. The highest BCUT2D eigenvalue weighted by molar-refractivity contribution is 9.10. The van der Waals surface area contributed by atoms with Gasteiger partial charge in [0, 0.05) is 18.5 Å². The second-order valence-electron chi connectivity index (χ2n) is 7.58. The van der Waals surface area contributed by atoms with Crippen LogP contribution in [0.25, 0.3) is 11.3 Å². The van der Waals surface area contributed by atoms with Gasteiger partial charge < -0.3 is 15.4 Å². The van der Waals surface area contributed by atoms with E-state index in [2.05, 4.69) is 31.7 Å². The van der Waals surface area contributed by atoms with Crippen LogP contribution in [0.1, 0.15) is 27.6 Å². The van der Waals surface area contributed by atoms with Gasteiger partial charge in [0.15, 0.2) is 16.7 Å². The van der Waals surface area contributed by atoms with Crippen LogP contribution in [0.5, 0.6) is 5.06 Å². The Morgan fingerprint density at radius 1 is 1.32 bits per heavy atom. The van der Waals surface area contributed by atoms with Crippen LogP contribution in [-0.2, 0) is 6.54 Å². The van der Waals surface area contributed by atoms with E-state index in [-0.39, 0.29) is 17.9 Å². The fourth-order valence-corrected chi connectivity index (χ4v) is 5.62. The first-order valence-electron chi connectivity index (χ1n) is 9.96. The monoisotopic (exact) mass is 508 g/mol. The number of halogens is 3. The second-order valence-corrected chi connectivity index (χ2v) is 9.45. The summed E-state index contributed by atoms with van der Waals surface area (Å²) in [7, 11) is 0. The summed E-state index contributed by atoms with van der Waals surface area (Å²) in [6.07, 6.45) is 2.45. The van der Waals surface area contributed by atoms with Crippen molar-refractivity contribution in [3.63, 3.8) is 0 Å². The smallest absolute Gasteiger partial charge is 0.261 e. The summed E-state index contributed by atoms with van der Waals surface area (Å²) in [4.78, 5) is 13.6. The van der Waals surface area contributed by atoms with Gasteiger partial charge in [0.05, 0.1) is 33.3 Å². The number of aromatic nitrogens is 2. The van der Waals surface area contributed by atoms with Gasteiger partial charge in [-0.3, -0.25) is 9.48 Å². The third-order valence-electron chi connectivity index (χ3n) is 5.68. The minimum Gasteiger partial charge on any atom is -0.481 e. The highest BCUT2D eigenvalue weighted by Gasteiger charge is 2.30. The zero-order chi connectivity index (χ0) is 21.5. The average Bonchev–Trinajstić information content (AvgIpc) is 3.29. The van der Waals surface area contributed by atoms with Gasteiger partial charge in [-0.2, -0.15) is 5.10 Å². The van der Waals surface area contributed by atoms with Crippen molar-refractivity contribution in [1.82, 2.24) is 20.4 Å². The van der Waals surface area contributed by atoms with E-state index in [0.29, 0.717) is 41.6 Å². The minimum absolute atomic E-state index is 0.107. The van der Waals surface area contributed by atoms with Gasteiger partial charge in [-0.1, -0.05) is 17.4 Å². The maximum atomic E-state index is 13.8. The number of hydrogen-bond donors (Lipinski definition) is 2. The summed E-state index contributed by atoms with van der Waals surface area (Å²) in [5.74, 6) is -2.07. The predicted octanol–water partition coefficient (Wildman–Crippen LogP) is 3.92. The van der Waals surface area contributed by atoms with Crippen molar-refractivity contribution in [1.29, 1.82) is 0 Å². The molecule has 1 aromatic carbocycles. The van der Waals surface area contributed by atoms with Crippen molar-refractivity contribution < 1.29 is 18.3 Å². The molecule has 0 bridgehead atoms. The quantitative estimate of drug-likeness (QED) is 0.562. The van der Waals surface area contributed by atoms with Crippen LogP contribution in [-0.4, -0.2) is 41.4 Å². The maximum Gasteiger partial charge on any atom is 0.261 e. The molecule has 1 fully saturated rings. The van der Waals surface area contributed by atoms with E-state index >= 15 is 0 Å². The van der Waals surface area contributed by atoms with Crippen LogP contribution in [0.2, 0.25) is 0 Å². The highest BCUT2D eigenvalue weighted by Crippen LogP contribution is 2.42. The van der Waals surface area contributed by atoms with Gasteiger partial charge in [0.1, 0.15) is 6.61 Å². The molecule has 4 heterocycles. The first-order valence-corrected chi connectivity index (χ1v) is 11.6. The van der Waals surface area contributed by atoms with Crippen molar-refractivity contribution in [2.45, 2.75) is 24.9 Å². The zero-order valence-corrected chi connectivity index (χ0v) is 18.7. The molecule has 162 valence electrons. The van der Waals surface area contributed by atoms with Crippen LogP contribution < -0.4 is 15.4 Å². The Morgan fingerprint density at radius 2 is 2.19 bits per heavy atom. The van der Waals surface area contributed by atoms with E-state index in [4.69, 9.17) is 4.74 Å². The molecular formula is C21H19BrF2N4O2S. The summed E-state index contributed by atoms with van der Waals surface area (Å²) >= 11 is 4.82. The number of benzene rings is 1. The fourth-order valence-electron chi connectivity index (χ4n) is 4.17. The van der Waals surface area contributed by atoms with E-state index in [1.165, 1.54) is 17.4 Å². The van der Waals surface area contributed by atoms with Crippen LogP contribution in [0.15, 0.2) is 34.9 Å². The third kappa shape index (κ3) is 3.88. The van der Waals surface area contributed by atoms with Gasteiger partial charge in [0.25, 0.3) is 5.91 Å². The number of rotatable bonds is 3. The molecule has 5 rings (SSSR count). The number of carbonyl (C=O) groups is 1. The lowest BCUT2D eigenvalue weighted by molar-refractivity contribution is 0.0928. The maximum absolute atomic E-state index is 13.8. The van der Waals surface area contributed by atoms with Gasteiger partial charge in [-0.05, 0) is 52.7 Å². The zero-order valence-electron chi connectivity index (χ0n) is 16.3. The van der Waals surface area contributed by atoms with Crippen molar-refractivity contribution in [3.8, 4) is 16.3 Å². The molecule has 2 N–H and O–H groups in total. The minimum atomic E-state index is -0.873. The number of ether oxygens (including phenoxy) is 1. The molecule has 2 atom stereocenters. The molecule has 2 aromatic heterocycles. The lowest BCUT2D eigenvalue weighted by Crippen LogP contribution is -2.49. The molecule has 3 aromatic rings. The Balaban J connectivity index is 1.40. The first kappa shape index (κ1) is 20.6. The third-order valence-corrected chi connectivity index (χ3v) is 7.30. The normalized spacial score (nSPS) is 20.4. The van der Waals surface area contributed by atoms with Crippen molar-refractivity contribution in [2.24, 2.45) is 0 Å². The molecule has 0 saturated carbocycles. The van der Waals surface area contributed by atoms with Gasteiger partial charge in [-0.15, -0.1) is 0 Å². The number of nitrogens with one attached hydrogen (secondary N) is 2. The Bertz CT molecular complexity index is 1150. The van der Waals surface area contributed by atoms with Crippen molar-refractivity contribution in [3.05, 3.63) is 57.0 Å². The number of thiophene rings is 1. The average molecular weight is 509 g/mol. The number of piperidine rings is 1. The molecule has 1 saturated heterocycles. The fraction of sp³-hybridized carbons (Fsp3) is 0.333. The summed E-state index contributed by atoms with van der Waals surface area (Å²) in [6, 6.07) is 5.53. The van der Waals surface area contributed by atoms with E-state index < -0.39 is 11.6 Å². The Hall–Kier alpha value is -2.30. The summed E-state index contributed by atoms with van der Waals surface area (Å²) in [6.45, 7) is 2.40. The number of nitrogens with zero attached hydrogens (tertiary/aromatic N) is 2. The van der Waals surface area contributed by atoms with Crippen molar-refractivity contribution in [2.75, 3.05) is 19.7 Å². The lowest BCUT2D eigenvalue weighted by Gasteiger charge is -2.33. The highest BCUT2D eigenvalue weighted by atomic mass is 79.9. The van der Waals surface area contributed by atoms with Crippen molar-refractivity contribution >= 4 is 33.2 Å². The predicted molar refractivity (Wildman–Crippen MR) is 117 cm³/mol. The number of hydrogen-bond acceptors (Lipinski definition) is 5. The van der Waals surface area contributed by atoms with Gasteiger partial charge >= 0.3 is 0 Å². The molecule has 6 nitrogen and oxygen atoms in total. The Morgan fingerprint density at radius 3 is 3.03 bits per heavy atom. The molecule has 0 unspecified atom stereocenters. The lowest BCUT2D eigenvalue weighted by atomic mass is 9.86. The Kier molecular flexibility index (Phi) is 5.53. The number of carbonyl (C=O) groups excluding carboxylic acids is 1. The summed E-state index contributed by atoms with van der Waals surface area (Å²) in [5, 5.41) is 11.4. The van der Waals surface area contributed by atoms with Gasteiger partial charge in [-0.25, -0.2) is 8.78 Å². The van der Waals surface area contributed by atoms with Gasteiger partial charge in [0.2, 0.25) is 0 Å². The second kappa shape index (κ2) is 8.33. The molecule has 1 amide bonds. The van der Waals surface area contributed by atoms with E-state index in [1.54, 1.807) is 12.3 Å². The van der Waals surface area contributed by atoms with Crippen LogP contribution >= 0.6 is 27.3 Å². The molecule has 10 heteroatoms. The molecular weight excluding hydrogens is 490 g/mol. The summed E-state index contributed by atoms with van der Waals surface area (Å²) in [5.41, 5.74) is 2.40. The van der Waals surface area contributed by atoms with E-state index in [9.17, 15) is 13.6 Å². The topological polar surface area (TPSA) is 68.2 Å². The first-order chi connectivity index (χ1) is 15.0. The standard InChI is InChI=1S/C21H19BrF2N4O2S/c22-14-9-26-28-5-6-30-21-13(19(14)28)8-18(31-21)20(29)27-17-10-25-4-3-12(17)11-1-2-15(23)16(24)7-11/h1-2,7-9,12,17,25H,3-6,10H2,(H,27,29)/t12-,17+/m1/s1. The number of fused-ring (bicyclic) bond motifs is 3. The molecule has 0 spiro atoms. The molecule has 0 aliphatic carbocycles. The largest absolute Gasteiger partial charge is 0.481 e. The van der Waals surface area contributed by atoms with Crippen LogP contribution in [0.3, 0.4) is 0 Å². The Labute approximate surface area is 189 Å². The van der Waals surface area contributed by atoms with Crippen LogP contribution in [0, 0.1) is 11.6 Å². The SMILES string of the molecule is O=C(N[C@H]1CNCC[C@@H]1c1ccc(F)c(F)c1)c1cc2c(s1)OCCn1ncc(Br)c1-2. The van der Waals surface area contributed by atoms with E-state index in [0.717, 1.165) is 28.3 Å². The molecule has 2 aliphatic rings. The molecule has 2 aliphatic heterocycles. The van der Waals surface area contributed by atoms with Crippen LogP contribution in [0.4, 0.5) is 8.78 Å². The molecule has 0 radical (unpaired) electrons. The molecule has 31 heavy (non-hydrogen) atoms.